The topological polar surface area (TPSA) is 32.3 Å². The van der Waals surface area contributed by atoms with Gasteiger partial charge in [-0.2, -0.15) is 0 Å². The number of amides is 1. The lowest BCUT2D eigenvalue weighted by molar-refractivity contribution is 0.0951. The largest absolute Gasteiger partial charge is 0.351 e. The molecule has 3 heteroatoms. The smallest absolute Gasteiger partial charge is 0.251 e. The molecule has 0 aromatic heterocycles. The Kier molecular flexibility index (Phi) is 5.65. The predicted octanol–water partition coefficient (Wildman–Crippen LogP) is 3.82. The molecule has 0 aliphatic carbocycles. The summed E-state index contributed by atoms with van der Waals surface area (Å²) in [6, 6.07) is 18.3. The highest BCUT2D eigenvalue weighted by molar-refractivity contribution is 5.94. The second-order valence-corrected chi connectivity index (χ2v) is 6.70. The molecule has 0 saturated carbocycles. The fourth-order valence-electron chi connectivity index (χ4n) is 3.21. The fourth-order valence-corrected chi connectivity index (χ4v) is 3.21. The second-order valence-electron chi connectivity index (χ2n) is 6.70. The quantitative estimate of drug-likeness (QED) is 0.877. The number of nitrogens with one attached hydrogen (secondary N) is 1. The number of nitrogens with zero attached hydrogens (tertiary/aromatic N) is 1. The molecule has 1 aliphatic rings. The van der Waals surface area contributed by atoms with Crippen molar-refractivity contribution in [3.63, 3.8) is 0 Å². The molecular weight excluding hydrogens is 296 g/mol. The monoisotopic (exact) mass is 322 g/mol. The number of likely N-dealkylation sites (tertiary alicyclic amines) is 1. The van der Waals surface area contributed by atoms with Crippen LogP contribution in [0.4, 0.5) is 0 Å². The van der Waals surface area contributed by atoms with Gasteiger partial charge in [-0.25, -0.2) is 0 Å². The summed E-state index contributed by atoms with van der Waals surface area (Å²) in [5.41, 5.74) is 3.27. The van der Waals surface area contributed by atoms with Crippen LogP contribution in [0.25, 0.3) is 0 Å². The van der Waals surface area contributed by atoms with Gasteiger partial charge in [0.15, 0.2) is 0 Å². The van der Waals surface area contributed by atoms with Gasteiger partial charge in [-0.15, -0.1) is 0 Å². The Morgan fingerprint density at radius 3 is 2.38 bits per heavy atom. The van der Waals surface area contributed by atoms with Crippen LogP contribution >= 0.6 is 0 Å². The van der Waals surface area contributed by atoms with Gasteiger partial charge in [0.05, 0.1) is 0 Å². The molecule has 0 radical (unpaired) electrons. The Hall–Kier alpha value is -2.13. The van der Waals surface area contributed by atoms with Gasteiger partial charge in [0.2, 0.25) is 0 Å². The molecule has 0 unspecified atom stereocenters. The van der Waals surface area contributed by atoms with Crippen LogP contribution in [0.2, 0.25) is 0 Å². The summed E-state index contributed by atoms with van der Waals surface area (Å²) in [4.78, 5) is 14.8. The lowest BCUT2D eigenvalue weighted by atomic mass is 10.0. The lowest BCUT2D eigenvalue weighted by Crippen LogP contribution is -2.27. The molecule has 126 valence electrons. The first-order chi connectivity index (χ1) is 11.7. The molecule has 3 nitrogen and oxygen atoms in total. The summed E-state index contributed by atoms with van der Waals surface area (Å²) in [5, 5.41) is 3.04. The number of rotatable bonds is 6. The normalized spacial score (nSPS) is 16.0. The summed E-state index contributed by atoms with van der Waals surface area (Å²) in [6.45, 7) is 6.17. The van der Waals surface area contributed by atoms with Crippen LogP contribution in [0.1, 0.15) is 47.2 Å². The van der Waals surface area contributed by atoms with E-state index in [1.807, 2.05) is 30.3 Å². The third-order valence-corrected chi connectivity index (χ3v) is 4.76. The van der Waals surface area contributed by atoms with Crippen molar-refractivity contribution >= 4 is 5.91 Å². The van der Waals surface area contributed by atoms with E-state index in [0.29, 0.717) is 12.5 Å². The average Bonchev–Trinajstić information content (AvgIpc) is 3.14. The Morgan fingerprint density at radius 2 is 1.71 bits per heavy atom. The molecule has 1 heterocycles. The first-order valence-electron chi connectivity index (χ1n) is 8.87. The third-order valence-electron chi connectivity index (χ3n) is 4.76. The van der Waals surface area contributed by atoms with Crippen LogP contribution in [0, 0.1) is 0 Å². The van der Waals surface area contributed by atoms with E-state index in [9.17, 15) is 4.79 Å². The SMILES string of the molecule is C[C@H](CNC(=O)c1ccc(CN2CCCC2)cc1)c1ccccc1. The number of carbonyl (C=O) groups is 1. The fraction of sp³-hybridized carbons (Fsp3) is 0.381. The van der Waals surface area contributed by atoms with Gasteiger partial charge < -0.3 is 5.32 Å². The van der Waals surface area contributed by atoms with E-state index in [1.54, 1.807) is 0 Å². The van der Waals surface area contributed by atoms with Gasteiger partial charge in [-0.05, 0) is 55.1 Å². The van der Waals surface area contributed by atoms with Crippen LogP contribution in [-0.4, -0.2) is 30.4 Å². The van der Waals surface area contributed by atoms with Gasteiger partial charge in [-0.1, -0.05) is 49.4 Å². The summed E-state index contributed by atoms with van der Waals surface area (Å²) in [7, 11) is 0. The average molecular weight is 322 g/mol. The minimum Gasteiger partial charge on any atom is -0.351 e. The number of hydrogen-bond acceptors (Lipinski definition) is 2. The Morgan fingerprint density at radius 1 is 1.04 bits per heavy atom. The Balaban J connectivity index is 1.51. The van der Waals surface area contributed by atoms with Gasteiger partial charge >= 0.3 is 0 Å². The van der Waals surface area contributed by atoms with Crippen molar-refractivity contribution in [1.82, 2.24) is 10.2 Å². The number of benzene rings is 2. The van der Waals surface area contributed by atoms with Crippen molar-refractivity contribution in [2.75, 3.05) is 19.6 Å². The standard InChI is InChI=1S/C21H26N2O/c1-17(19-7-3-2-4-8-19)15-22-21(24)20-11-9-18(10-12-20)16-23-13-5-6-14-23/h2-4,7-12,17H,5-6,13-16H2,1H3,(H,22,24)/t17-/m1/s1. The summed E-state index contributed by atoms with van der Waals surface area (Å²) in [6.07, 6.45) is 2.61. The van der Waals surface area contributed by atoms with Crippen LogP contribution in [0.3, 0.4) is 0 Å². The molecule has 24 heavy (non-hydrogen) atoms. The summed E-state index contributed by atoms with van der Waals surface area (Å²) >= 11 is 0. The van der Waals surface area contributed by atoms with Crippen LogP contribution in [-0.2, 0) is 6.54 Å². The Labute approximate surface area is 144 Å². The molecule has 1 amide bonds. The Bertz CT molecular complexity index is 645. The van der Waals surface area contributed by atoms with Gasteiger partial charge in [0.25, 0.3) is 5.91 Å². The van der Waals surface area contributed by atoms with E-state index in [4.69, 9.17) is 0 Å². The van der Waals surface area contributed by atoms with Crippen molar-refractivity contribution in [1.29, 1.82) is 0 Å². The van der Waals surface area contributed by atoms with E-state index in [1.165, 1.54) is 37.1 Å². The highest BCUT2D eigenvalue weighted by Gasteiger charge is 2.13. The third kappa shape index (κ3) is 4.45. The summed E-state index contributed by atoms with van der Waals surface area (Å²) < 4.78 is 0. The zero-order valence-corrected chi connectivity index (χ0v) is 14.4. The van der Waals surface area contributed by atoms with Gasteiger partial charge in [0, 0.05) is 18.7 Å². The van der Waals surface area contributed by atoms with E-state index < -0.39 is 0 Å². The van der Waals surface area contributed by atoms with Crippen molar-refractivity contribution in [3.8, 4) is 0 Å². The van der Waals surface area contributed by atoms with E-state index in [-0.39, 0.29) is 5.91 Å². The maximum atomic E-state index is 12.3. The first kappa shape index (κ1) is 16.7. The molecule has 1 atom stereocenters. The molecule has 1 aliphatic heterocycles. The molecule has 0 spiro atoms. The molecular formula is C21H26N2O. The van der Waals surface area contributed by atoms with Crippen LogP contribution in [0.5, 0.6) is 0 Å². The number of hydrogen-bond donors (Lipinski definition) is 1. The van der Waals surface area contributed by atoms with E-state index in [0.717, 1.165) is 12.1 Å². The lowest BCUT2D eigenvalue weighted by Gasteiger charge is -2.15. The van der Waals surface area contributed by atoms with Gasteiger partial charge in [-0.3, -0.25) is 9.69 Å². The minimum atomic E-state index is 0.00510. The molecule has 0 bridgehead atoms. The molecule has 2 aromatic rings. The van der Waals surface area contributed by atoms with E-state index in [2.05, 4.69) is 41.4 Å². The molecule has 2 aromatic carbocycles. The maximum absolute atomic E-state index is 12.3. The maximum Gasteiger partial charge on any atom is 0.251 e. The van der Waals surface area contributed by atoms with Crippen molar-refractivity contribution in [2.24, 2.45) is 0 Å². The zero-order valence-electron chi connectivity index (χ0n) is 14.4. The van der Waals surface area contributed by atoms with Gasteiger partial charge in [0.1, 0.15) is 0 Å². The molecule has 1 N–H and O–H groups in total. The van der Waals surface area contributed by atoms with Crippen molar-refractivity contribution in [3.05, 3.63) is 71.3 Å². The number of carbonyl (C=O) groups excluding carboxylic acids is 1. The predicted molar refractivity (Wildman–Crippen MR) is 98.1 cm³/mol. The highest BCUT2D eigenvalue weighted by atomic mass is 16.1. The van der Waals surface area contributed by atoms with Crippen molar-refractivity contribution in [2.45, 2.75) is 32.2 Å². The van der Waals surface area contributed by atoms with Crippen LogP contribution < -0.4 is 5.32 Å². The van der Waals surface area contributed by atoms with E-state index >= 15 is 0 Å². The van der Waals surface area contributed by atoms with Crippen LogP contribution in [0.15, 0.2) is 54.6 Å². The molecule has 1 saturated heterocycles. The summed E-state index contributed by atoms with van der Waals surface area (Å²) in [5.74, 6) is 0.315. The van der Waals surface area contributed by atoms with Crippen molar-refractivity contribution < 1.29 is 4.79 Å². The molecule has 3 rings (SSSR count). The second kappa shape index (κ2) is 8.11. The first-order valence-corrected chi connectivity index (χ1v) is 8.87. The highest BCUT2D eigenvalue weighted by Crippen LogP contribution is 2.15. The minimum absolute atomic E-state index is 0.00510. The zero-order chi connectivity index (χ0) is 16.8. The molecule has 1 fully saturated rings.